The number of carbonyl (C=O) groups excluding carboxylic acids is 1. The first-order valence-electron chi connectivity index (χ1n) is 7.99. The summed E-state index contributed by atoms with van der Waals surface area (Å²) in [5.74, 6) is 0.342. The van der Waals surface area contributed by atoms with Gasteiger partial charge in [-0.25, -0.2) is 5.43 Å². The van der Waals surface area contributed by atoms with Gasteiger partial charge in [0.15, 0.2) is 6.61 Å². The molecule has 130 valence electrons. The molecule has 6 nitrogen and oxygen atoms in total. The Kier molecular flexibility index (Phi) is 6.39. The molecule has 0 radical (unpaired) electrons. The molecule has 0 heterocycles. The standard InChI is InChI=1S/C19H21N3O3/c1-13(2)16-10-17(22-24)14(3)9-18(16)25-12-19(23)21-20-11-15-7-5-4-6-8-15/h4-11,13H,12H2,1-3H3,(H,21,23)/b20-11+. The molecule has 6 heteroatoms. The highest BCUT2D eigenvalue weighted by molar-refractivity contribution is 5.82. The Bertz CT molecular complexity index is 771. The second-order valence-corrected chi connectivity index (χ2v) is 5.92. The number of aryl methyl sites for hydroxylation is 1. The molecular weight excluding hydrogens is 318 g/mol. The molecule has 2 rings (SSSR count). The molecule has 0 atom stereocenters. The number of hydrogen-bond donors (Lipinski definition) is 1. The minimum atomic E-state index is -0.364. The molecular formula is C19H21N3O3. The number of amides is 1. The summed E-state index contributed by atoms with van der Waals surface area (Å²) in [7, 11) is 0. The highest BCUT2D eigenvalue weighted by Crippen LogP contribution is 2.33. The van der Waals surface area contributed by atoms with Gasteiger partial charge in [-0.1, -0.05) is 44.2 Å². The van der Waals surface area contributed by atoms with Gasteiger partial charge in [0.25, 0.3) is 5.91 Å². The molecule has 0 fully saturated rings. The first-order valence-corrected chi connectivity index (χ1v) is 7.99. The first kappa shape index (κ1) is 18.3. The van der Waals surface area contributed by atoms with Gasteiger partial charge in [-0.3, -0.25) is 4.79 Å². The average Bonchev–Trinajstić information content (AvgIpc) is 2.60. The van der Waals surface area contributed by atoms with Crippen molar-refractivity contribution in [3.8, 4) is 5.75 Å². The van der Waals surface area contributed by atoms with Crippen molar-refractivity contribution in [2.75, 3.05) is 6.61 Å². The maximum atomic E-state index is 11.9. The number of hydrogen-bond acceptors (Lipinski definition) is 5. The first-order chi connectivity index (χ1) is 12.0. The molecule has 25 heavy (non-hydrogen) atoms. The number of hydrazone groups is 1. The maximum absolute atomic E-state index is 11.9. The van der Waals surface area contributed by atoms with E-state index in [0.29, 0.717) is 17.0 Å². The Hall–Kier alpha value is -3.02. The van der Waals surface area contributed by atoms with Gasteiger partial charge in [-0.15, -0.1) is 4.91 Å². The van der Waals surface area contributed by atoms with E-state index >= 15 is 0 Å². The van der Waals surface area contributed by atoms with Crippen LogP contribution in [0.5, 0.6) is 5.75 Å². The van der Waals surface area contributed by atoms with Crippen LogP contribution in [0.2, 0.25) is 0 Å². The van der Waals surface area contributed by atoms with Gasteiger partial charge in [-0.05, 0) is 46.8 Å². The van der Waals surface area contributed by atoms with E-state index in [2.05, 4.69) is 15.7 Å². The quantitative estimate of drug-likeness (QED) is 0.469. The van der Waals surface area contributed by atoms with Crippen molar-refractivity contribution in [1.82, 2.24) is 5.43 Å². The number of nitrogens with zero attached hydrogens (tertiary/aromatic N) is 2. The van der Waals surface area contributed by atoms with Crippen molar-refractivity contribution in [2.24, 2.45) is 10.3 Å². The number of carbonyl (C=O) groups is 1. The second kappa shape index (κ2) is 8.73. The molecule has 1 N–H and O–H groups in total. The predicted molar refractivity (Wildman–Crippen MR) is 98.4 cm³/mol. The van der Waals surface area contributed by atoms with Crippen molar-refractivity contribution in [3.63, 3.8) is 0 Å². The van der Waals surface area contributed by atoms with E-state index in [1.165, 1.54) is 0 Å². The summed E-state index contributed by atoms with van der Waals surface area (Å²) in [4.78, 5) is 22.7. The van der Waals surface area contributed by atoms with Gasteiger partial charge in [0, 0.05) is 0 Å². The minimum Gasteiger partial charge on any atom is -0.483 e. The Morgan fingerprint density at radius 1 is 1.24 bits per heavy atom. The van der Waals surface area contributed by atoms with Crippen LogP contribution in [0.3, 0.4) is 0 Å². The van der Waals surface area contributed by atoms with E-state index in [-0.39, 0.29) is 18.4 Å². The molecule has 1 amide bonds. The fraction of sp³-hybridized carbons (Fsp3) is 0.263. The van der Waals surface area contributed by atoms with E-state index in [0.717, 1.165) is 11.1 Å². The number of nitroso groups, excluding NO2 is 1. The van der Waals surface area contributed by atoms with Gasteiger partial charge in [0.05, 0.1) is 6.21 Å². The zero-order valence-corrected chi connectivity index (χ0v) is 14.5. The maximum Gasteiger partial charge on any atom is 0.277 e. The van der Waals surface area contributed by atoms with Crippen molar-refractivity contribution in [3.05, 3.63) is 64.1 Å². The Labute approximate surface area is 146 Å². The fourth-order valence-corrected chi connectivity index (χ4v) is 2.25. The molecule has 0 aliphatic rings. The average molecular weight is 339 g/mol. The fourth-order valence-electron chi connectivity index (χ4n) is 2.25. The number of ether oxygens (including phenoxy) is 1. The summed E-state index contributed by atoms with van der Waals surface area (Å²) in [6.45, 7) is 5.57. The summed E-state index contributed by atoms with van der Waals surface area (Å²) < 4.78 is 5.61. The molecule has 2 aromatic rings. The van der Waals surface area contributed by atoms with E-state index < -0.39 is 0 Å². The molecule has 0 bridgehead atoms. The van der Waals surface area contributed by atoms with Crippen LogP contribution in [0.15, 0.2) is 52.7 Å². The zero-order chi connectivity index (χ0) is 18.2. The molecule has 0 aliphatic heterocycles. The number of nitrogens with one attached hydrogen (secondary N) is 1. The summed E-state index contributed by atoms with van der Waals surface area (Å²) in [5.41, 5.74) is 5.23. The van der Waals surface area contributed by atoms with Crippen LogP contribution in [0.25, 0.3) is 0 Å². The minimum absolute atomic E-state index is 0.135. The lowest BCUT2D eigenvalue weighted by atomic mass is 9.99. The molecule has 0 aromatic heterocycles. The SMILES string of the molecule is Cc1cc(OCC(=O)N/N=C/c2ccccc2)c(C(C)C)cc1N=O. The lowest BCUT2D eigenvalue weighted by Crippen LogP contribution is -2.25. The molecule has 0 saturated heterocycles. The van der Waals surface area contributed by atoms with E-state index in [9.17, 15) is 9.70 Å². The van der Waals surface area contributed by atoms with Gasteiger partial charge in [-0.2, -0.15) is 5.10 Å². The molecule has 0 saturated carbocycles. The third kappa shape index (κ3) is 5.24. The van der Waals surface area contributed by atoms with Crippen LogP contribution in [-0.2, 0) is 4.79 Å². The van der Waals surface area contributed by atoms with Gasteiger partial charge in [0.2, 0.25) is 0 Å². The smallest absolute Gasteiger partial charge is 0.277 e. The topological polar surface area (TPSA) is 80.1 Å². The van der Waals surface area contributed by atoms with Crippen LogP contribution in [0.1, 0.15) is 36.5 Å². The lowest BCUT2D eigenvalue weighted by Gasteiger charge is -2.15. The largest absolute Gasteiger partial charge is 0.483 e. The lowest BCUT2D eigenvalue weighted by molar-refractivity contribution is -0.123. The monoisotopic (exact) mass is 339 g/mol. The molecule has 0 spiro atoms. The van der Waals surface area contributed by atoms with Crippen molar-refractivity contribution < 1.29 is 9.53 Å². The van der Waals surface area contributed by atoms with E-state index in [1.54, 1.807) is 25.3 Å². The predicted octanol–water partition coefficient (Wildman–Crippen LogP) is 4.05. The van der Waals surface area contributed by atoms with Gasteiger partial charge >= 0.3 is 0 Å². The van der Waals surface area contributed by atoms with Gasteiger partial charge in [0.1, 0.15) is 11.4 Å². The summed E-state index contributed by atoms with van der Waals surface area (Å²) in [6, 6.07) is 12.9. The highest BCUT2D eigenvalue weighted by Gasteiger charge is 2.13. The Morgan fingerprint density at radius 2 is 1.96 bits per heavy atom. The van der Waals surface area contributed by atoms with Crippen molar-refractivity contribution in [2.45, 2.75) is 26.7 Å². The number of rotatable bonds is 7. The normalized spacial score (nSPS) is 10.9. The summed E-state index contributed by atoms with van der Waals surface area (Å²) >= 11 is 0. The van der Waals surface area contributed by atoms with Crippen LogP contribution < -0.4 is 10.2 Å². The van der Waals surface area contributed by atoms with E-state index in [1.807, 2.05) is 44.2 Å². The third-order valence-electron chi connectivity index (χ3n) is 3.61. The number of benzene rings is 2. The van der Waals surface area contributed by atoms with Crippen molar-refractivity contribution >= 4 is 17.8 Å². The Morgan fingerprint density at radius 3 is 2.60 bits per heavy atom. The highest BCUT2D eigenvalue weighted by atomic mass is 16.5. The van der Waals surface area contributed by atoms with Crippen LogP contribution in [0, 0.1) is 11.8 Å². The van der Waals surface area contributed by atoms with Crippen LogP contribution >= 0.6 is 0 Å². The van der Waals surface area contributed by atoms with Crippen LogP contribution in [0.4, 0.5) is 5.69 Å². The summed E-state index contributed by atoms with van der Waals surface area (Å²) in [5, 5.41) is 6.91. The molecule has 2 aromatic carbocycles. The summed E-state index contributed by atoms with van der Waals surface area (Å²) in [6.07, 6.45) is 1.56. The zero-order valence-electron chi connectivity index (χ0n) is 14.5. The molecule has 0 unspecified atom stereocenters. The molecule has 0 aliphatic carbocycles. The Balaban J connectivity index is 1.98. The van der Waals surface area contributed by atoms with Crippen molar-refractivity contribution in [1.29, 1.82) is 0 Å². The third-order valence-corrected chi connectivity index (χ3v) is 3.61. The second-order valence-electron chi connectivity index (χ2n) is 5.92. The van der Waals surface area contributed by atoms with Gasteiger partial charge < -0.3 is 4.74 Å². The van der Waals surface area contributed by atoms with E-state index in [4.69, 9.17) is 4.74 Å². The van der Waals surface area contributed by atoms with Crippen LogP contribution in [-0.4, -0.2) is 18.7 Å².